The Morgan fingerprint density at radius 1 is 1.19 bits per heavy atom. The van der Waals surface area contributed by atoms with Crippen LogP contribution in [0.5, 0.6) is 5.75 Å². The van der Waals surface area contributed by atoms with Crippen molar-refractivity contribution in [1.82, 2.24) is 9.78 Å². The van der Waals surface area contributed by atoms with Gasteiger partial charge in [-0.05, 0) is 47.4 Å². The average molecular weight is 451 g/mol. The number of benzene rings is 2. The predicted octanol–water partition coefficient (Wildman–Crippen LogP) is 4.19. The van der Waals surface area contributed by atoms with Crippen molar-refractivity contribution in [3.05, 3.63) is 81.4 Å². The van der Waals surface area contributed by atoms with E-state index in [0.29, 0.717) is 27.0 Å². The molecule has 0 bridgehead atoms. The third-order valence-corrected chi connectivity index (χ3v) is 5.84. The number of carbonyl (C=O) groups is 2. The molecule has 32 heavy (non-hydrogen) atoms. The van der Waals surface area contributed by atoms with Crippen LogP contribution in [0.15, 0.2) is 53.9 Å². The van der Waals surface area contributed by atoms with Crippen LogP contribution in [-0.2, 0) is 4.79 Å². The topological polar surface area (TPSA) is 107 Å². The molecule has 4 rings (SSSR count). The molecule has 3 N–H and O–H groups in total. The molecular formula is C23H18FN3O4S. The second-order valence-electron chi connectivity index (χ2n) is 6.88. The molecule has 0 fully saturated rings. The SMILES string of the molecule is COc1c(C(=O)O)ccc2c1c(C=Cc1ccc(F)cc1)nn2C(C(N)=O)c1cccs1. The van der Waals surface area contributed by atoms with Crippen molar-refractivity contribution >= 4 is 46.3 Å². The number of aromatic carboxylic acids is 1. The summed E-state index contributed by atoms with van der Waals surface area (Å²) >= 11 is 1.36. The van der Waals surface area contributed by atoms with Crippen molar-refractivity contribution in [3.8, 4) is 5.75 Å². The number of hydrogen-bond donors (Lipinski definition) is 2. The Bertz CT molecular complexity index is 1330. The summed E-state index contributed by atoms with van der Waals surface area (Å²) in [5.74, 6) is -2.00. The zero-order valence-electron chi connectivity index (χ0n) is 16.9. The highest BCUT2D eigenvalue weighted by Gasteiger charge is 2.28. The van der Waals surface area contributed by atoms with Crippen molar-refractivity contribution in [3.63, 3.8) is 0 Å². The van der Waals surface area contributed by atoms with Crippen LogP contribution in [0.4, 0.5) is 4.39 Å². The quantitative estimate of drug-likeness (QED) is 0.438. The molecule has 0 aliphatic rings. The first-order chi connectivity index (χ1) is 15.4. The predicted molar refractivity (Wildman–Crippen MR) is 120 cm³/mol. The van der Waals surface area contributed by atoms with Crippen LogP contribution in [0, 0.1) is 5.82 Å². The molecule has 9 heteroatoms. The van der Waals surface area contributed by atoms with Gasteiger partial charge in [0.1, 0.15) is 17.1 Å². The fourth-order valence-corrected chi connectivity index (χ4v) is 4.32. The molecule has 0 saturated heterocycles. The van der Waals surface area contributed by atoms with Gasteiger partial charge in [-0.15, -0.1) is 11.3 Å². The highest BCUT2D eigenvalue weighted by molar-refractivity contribution is 7.10. The smallest absolute Gasteiger partial charge is 0.339 e. The molecule has 0 aliphatic carbocycles. The normalized spacial score (nSPS) is 12.3. The second-order valence-corrected chi connectivity index (χ2v) is 7.86. The number of aromatic nitrogens is 2. The Morgan fingerprint density at radius 2 is 1.94 bits per heavy atom. The monoisotopic (exact) mass is 451 g/mol. The summed E-state index contributed by atoms with van der Waals surface area (Å²) in [6.07, 6.45) is 3.37. The lowest BCUT2D eigenvalue weighted by Gasteiger charge is -2.14. The molecule has 2 aromatic heterocycles. The number of ether oxygens (including phenoxy) is 1. The summed E-state index contributed by atoms with van der Waals surface area (Å²) in [7, 11) is 1.37. The minimum absolute atomic E-state index is 0.0391. The van der Waals surface area contributed by atoms with Crippen LogP contribution in [0.2, 0.25) is 0 Å². The maximum Gasteiger partial charge on any atom is 0.339 e. The number of thiophene rings is 1. The van der Waals surface area contributed by atoms with Gasteiger partial charge in [0.25, 0.3) is 0 Å². The molecule has 7 nitrogen and oxygen atoms in total. The summed E-state index contributed by atoms with van der Waals surface area (Å²) in [6, 6.07) is 11.6. The number of fused-ring (bicyclic) bond motifs is 1. The zero-order valence-corrected chi connectivity index (χ0v) is 17.7. The first-order valence-electron chi connectivity index (χ1n) is 9.49. The van der Waals surface area contributed by atoms with Crippen molar-refractivity contribution in [2.45, 2.75) is 6.04 Å². The largest absolute Gasteiger partial charge is 0.495 e. The van der Waals surface area contributed by atoms with Crippen LogP contribution in [0.1, 0.15) is 32.5 Å². The van der Waals surface area contributed by atoms with Gasteiger partial charge < -0.3 is 15.6 Å². The van der Waals surface area contributed by atoms with Gasteiger partial charge in [-0.2, -0.15) is 5.10 Å². The highest BCUT2D eigenvalue weighted by atomic mass is 32.1. The Labute approximate surface area is 186 Å². The Hall–Kier alpha value is -3.98. The van der Waals surface area contributed by atoms with Crippen LogP contribution >= 0.6 is 11.3 Å². The van der Waals surface area contributed by atoms with Crippen molar-refractivity contribution < 1.29 is 23.8 Å². The van der Waals surface area contributed by atoms with Crippen LogP contribution in [0.25, 0.3) is 23.1 Å². The minimum atomic E-state index is -1.16. The number of nitrogens with zero attached hydrogens (tertiary/aromatic N) is 2. The van der Waals surface area contributed by atoms with E-state index >= 15 is 0 Å². The van der Waals surface area contributed by atoms with E-state index in [0.717, 1.165) is 0 Å². The molecule has 1 amide bonds. The van der Waals surface area contributed by atoms with Crippen LogP contribution in [0.3, 0.4) is 0 Å². The fraction of sp³-hybridized carbons (Fsp3) is 0.0870. The lowest BCUT2D eigenvalue weighted by atomic mass is 10.1. The number of carbonyl (C=O) groups excluding carboxylic acids is 1. The van der Waals surface area contributed by atoms with E-state index in [1.54, 1.807) is 42.5 Å². The third kappa shape index (κ3) is 3.85. The zero-order chi connectivity index (χ0) is 22.8. The number of carboxylic acids is 1. The molecule has 1 atom stereocenters. The van der Waals surface area contributed by atoms with Gasteiger partial charge in [0.05, 0.1) is 23.7 Å². The molecule has 162 valence electrons. The van der Waals surface area contributed by atoms with E-state index < -0.39 is 17.9 Å². The van der Waals surface area contributed by atoms with E-state index in [4.69, 9.17) is 10.5 Å². The maximum absolute atomic E-state index is 13.2. The maximum atomic E-state index is 13.2. The second kappa shape index (κ2) is 8.64. The summed E-state index contributed by atoms with van der Waals surface area (Å²) in [5, 5.41) is 16.5. The van der Waals surface area contributed by atoms with Gasteiger partial charge in [0.15, 0.2) is 6.04 Å². The van der Waals surface area contributed by atoms with E-state index in [1.165, 1.54) is 41.3 Å². The van der Waals surface area contributed by atoms with Gasteiger partial charge in [-0.3, -0.25) is 4.79 Å². The Kier molecular flexibility index (Phi) is 5.74. The number of amides is 1. The lowest BCUT2D eigenvalue weighted by molar-refractivity contribution is -0.120. The summed E-state index contributed by atoms with van der Waals surface area (Å²) in [6.45, 7) is 0. The molecule has 0 radical (unpaired) electrons. The van der Waals surface area contributed by atoms with Crippen LogP contribution < -0.4 is 10.5 Å². The number of nitrogens with two attached hydrogens (primary N) is 1. The van der Waals surface area contributed by atoms with Crippen LogP contribution in [-0.4, -0.2) is 33.9 Å². The molecule has 2 aromatic carbocycles. The molecule has 0 spiro atoms. The van der Waals surface area contributed by atoms with Gasteiger partial charge in [0.2, 0.25) is 5.91 Å². The number of rotatable bonds is 7. The molecule has 4 aromatic rings. The molecule has 0 aliphatic heterocycles. The van der Waals surface area contributed by atoms with Gasteiger partial charge in [-0.25, -0.2) is 13.9 Å². The molecule has 0 saturated carbocycles. The summed E-state index contributed by atoms with van der Waals surface area (Å²) < 4.78 is 20.1. The Balaban J connectivity index is 1.97. The van der Waals surface area contributed by atoms with Gasteiger partial charge >= 0.3 is 5.97 Å². The minimum Gasteiger partial charge on any atom is -0.495 e. The van der Waals surface area contributed by atoms with E-state index in [1.807, 2.05) is 5.38 Å². The molecule has 2 heterocycles. The lowest BCUT2D eigenvalue weighted by Crippen LogP contribution is -2.27. The highest BCUT2D eigenvalue weighted by Crippen LogP contribution is 2.36. The third-order valence-electron chi connectivity index (χ3n) is 4.92. The van der Waals surface area contributed by atoms with E-state index in [9.17, 15) is 19.1 Å². The number of hydrogen-bond acceptors (Lipinski definition) is 5. The fourth-order valence-electron chi connectivity index (χ4n) is 3.50. The van der Waals surface area contributed by atoms with Crippen molar-refractivity contribution in [2.75, 3.05) is 7.11 Å². The van der Waals surface area contributed by atoms with E-state index in [-0.39, 0.29) is 17.1 Å². The van der Waals surface area contributed by atoms with Crippen molar-refractivity contribution in [2.24, 2.45) is 5.73 Å². The molecular weight excluding hydrogens is 433 g/mol. The van der Waals surface area contributed by atoms with Crippen molar-refractivity contribution in [1.29, 1.82) is 0 Å². The number of primary amides is 1. The molecule has 1 unspecified atom stereocenters. The summed E-state index contributed by atoms with van der Waals surface area (Å²) in [5.41, 5.74) is 7.26. The first kappa shape index (κ1) is 21.3. The summed E-state index contributed by atoms with van der Waals surface area (Å²) in [4.78, 5) is 24.8. The standard InChI is InChI=1S/C23H18FN3O4S/c1-31-21-15(23(29)30)9-11-17-19(21)16(10-6-13-4-7-14(24)8-5-13)26-27(17)20(22(25)28)18-3-2-12-32-18/h2-12,20H,1H3,(H2,25,28)(H,29,30). The van der Waals surface area contributed by atoms with Gasteiger partial charge in [0, 0.05) is 4.88 Å². The number of halogens is 1. The number of carboxylic acid groups (broad SMARTS) is 1. The number of methoxy groups -OCH3 is 1. The van der Waals surface area contributed by atoms with E-state index in [2.05, 4.69) is 5.10 Å². The van der Waals surface area contributed by atoms with Gasteiger partial charge in [-0.1, -0.05) is 24.3 Å². The average Bonchev–Trinajstić information content (AvgIpc) is 3.41. The first-order valence-corrected chi connectivity index (χ1v) is 10.4. The Morgan fingerprint density at radius 3 is 2.53 bits per heavy atom.